The predicted molar refractivity (Wildman–Crippen MR) is 129 cm³/mol. The van der Waals surface area contributed by atoms with Crippen LogP contribution < -0.4 is 0 Å². The molecule has 1 heterocycles. The van der Waals surface area contributed by atoms with Gasteiger partial charge in [0, 0.05) is 6.42 Å². The Labute approximate surface area is 204 Å². The molecule has 0 bridgehead atoms. The van der Waals surface area contributed by atoms with Crippen LogP contribution in [-0.4, -0.2) is 54.3 Å². The van der Waals surface area contributed by atoms with E-state index in [0.29, 0.717) is 29.6 Å². The van der Waals surface area contributed by atoms with Crippen LogP contribution in [0.25, 0.3) is 0 Å². The largest absolute Gasteiger partial charge is 0.393 e. The van der Waals surface area contributed by atoms with Gasteiger partial charge in [0.05, 0.1) is 18.3 Å². The van der Waals surface area contributed by atoms with Crippen LogP contribution in [0.1, 0.15) is 91.3 Å². The van der Waals surface area contributed by atoms with E-state index in [2.05, 4.69) is 48.3 Å². The summed E-state index contributed by atoms with van der Waals surface area (Å²) in [6.45, 7) is 9.35. The Morgan fingerprint density at radius 1 is 1.06 bits per heavy atom. The molecule has 1 aromatic heterocycles. The minimum absolute atomic E-state index is 0.112. The highest BCUT2D eigenvalue weighted by molar-refractivity contribution is 5.15. The number of fused-ring (bicyclic) bond motifs is 5. The molecule has 0 amide bonds. The van der Waals surface area contributed by atoms with Gasteiger partial charge in [-0.3, -0.25) is 0 Å². The fourth-order valence-corrected chi connectivity index (χ4v) is 9.96. The molecule has 4 aliphatic rings. The topological polar surface area (TPSA) is 115 Å². The van der Waals surface area contributed by atoms with Crippen molar-refractivity contribution < 1.29 is 15.3 Å². The van der Waals surface area contributed by atoms with E-state index in [9.17, 15) is 15.3 Å². The summed E-state index contributed by atoms with van der Waals surface area (Å²) in [5.41, 5.74) is -0.0240. The number of aryl methyl sites for hydroxylation is 1. The first kappa shape index (κ1) is 24.6. The van der Waals surface area contributed by atoms with Crippen molar-refractivity contribution in [3.8, 4) is 0 Å². The van der Waals surface area contributed by atoms with E-state index < -0.39 is 0 Å². The van der Waals surface area contributed by atoms with Crippen LogP contribution in [0.3, 0.4) is 0 Å². The number of aliphatic hydroxyl groups is 3. The summed E-state index contributed by atoms with van der Waals surface area (Å²) in [6.07, 6.45) is 8.83. The highest BCUT2D eigenvalue weighted by Gasteiger charge is 2.67. The lowest BCUT2D eigenvalue weighted by Gasteiger charge is -2.65. The number of aliphatic hydroxyl groups excluding tert-OH is 3. The van der Waals surface area contributed by atoms with Crippen molar-refractivity contribution in [1.29, 1.82) is 0 Å². The van der Waals surface area contributed by atoms with Gasteiger partial charge >= 0.3 is 0 Å². The third-order valence-electron chi connectivity index (χ3n) is 11.7. The molecule has 192 valence electrons. The van der Waals surface area contributed by atoms with E-state index in [1.54, 1.807) is 0 Å². The van der Waals surface area contributed by atoms with Crippen molar-refractivity contribution in [2.45, 2.75) is 110 Å². The Balaban J connectivity index is 1.38. The van der Waals surface area contributed by atoms with Crippen LogP contribution >= 0.6 is 0 Å². The maximum atomic E-state index is 11.8. The SMILES string of the molecule is CC[C@H]1C(O)C2C3CC[C@H]([C@H](C)CCCc4nn[nH]n4)[C@@]3(C)[C@@H](O)CC2[C@@]2(C)CC[C@@H](O)C[C@@H]12. The van der Waals surface area contributed by atoms with Crippen LogP contribution in [-0.2, 0) is 6.42 Å². The first-order valence-electron chi connectivity index (χ1n) is 14.0. The van der Waals surface area contributed by atoms with Gasteiger partial charge in [0.15, 0.2) is 5.82 Å². The molecule has 12 atom stereocenters. The molecule has 0 aromatic carbocycles. The van der Waals surface area contributed by atoms with Gasteiger partial charge in [-0.15, -0.1) is 10.2 Å². The minimum Gasteiger partial charge on any atom is -0.393 e. The summed E-state index contributed by atoms with van der Waals surface area (Å²) < 4.78 is 0. The Morgan fingerprint density at radius 3 is 2.56 bits per heavy atom. The highest BCUT2D eigenvalue weighted by atomic mass is 16.3. The van der Waals surface area contributed by atoms with Gasteiger partial charge in [-0.05, 0) is 104 Å². The molecule has 0 radical (unpaired) electrons. The van der Waals surface area contributed by atoms with Gasteiger partial charge < -0.3 is 15.3 Å². The van der Waals surface area contributed by atoms with E-state index in [1.165, 1.54) is 0 Å². The summed E-state index contributed by atoms with van der Waals surface area (Å²) in [7, 11) is 0. The van der Waals surface area contributed by atoms with Gasteiger partial charge in [0.25, 0.3) is 0 Å². The fraction of sp³-hybridized carbons (Fsp3) is 0.963. The van der Waals surface area contributed by atoms with Crippen molar-refractivity contribution in [3.63, 3.8) is 0 Å². The number of nitrogens with zero attached hydrogens (tertiary/aromatic N) is 3. The Bertz CT molecular complexity index is 836. The van der Waals surface area contributed by atoms with Crippen LogP contribution in [0.2, 0.25) is 0 Å². The third kappa shape index (κ3) is 3.67. The maximum absolute atomic E-state index is 11.8. The fourth-order valence-electron chi connectivity index (χ4n) is 9.96. The van der Waals surface area contributed by atoms with E-state index in [-0.39, 0.29) is 41.0 Å². The number of H-pyrrole nitrogens is 1. The average Bonchev–Trinajstić information content (AvgIpc) is 3.44. The second-order valence-corrected chi connectivity index (χ2v) is 12.9. The molecule has 5 rings (SSSR count). The van der Waals surface area contributed by atoms with Crippen LogP contribution in [0.5, 0.6) is 0 Å². The van der Waals surface area contributed by atoms with Crippen molar-refractivity contribution in [2.75, 3.05) is 0 Å². The second kappa shape index (κ2) is 9.11. The van der Waals surface area contributed by atoms with Gasteiger partial charge in [-0.25, -0.2) is 0 Å². The summed E-state index contributed by atoms with van der Waals surface area (Å²) in [6, 6.07) is 0. The molecule has 4 fully saturated rings. The van der Waals surface area contributed by atoms with E-state index in [4.69, 9.17) is 0 Å². The second-order valence-electron chi connectivity index (χ2n) is 12.9. The first-order valence-corrected chi connectivity index (χ1v) is 14.0. The summed E-state index contributed by atoms with van der Waals surface area (Å²) in [4.78, 5) is 0. The Hall–Kier alpha value is -1.05. The Kier molecular flexibility index (Phi) is 6.60. The van der Waals surface area contributed by atoms with Crippen molar-refractivity contribution in [2.24, 2.45) is 52.3 Å². The molecule has 0 spiro atoms. The third-order valence-corrected chi connectivity index (χ3v) is 11.7. The molecule has 7 nitrogen and oxygen atoms in total. The molecule has 7 heteroatoms. The van der Waals surface area contributed by atoms with Crippen LogP contribution in [0.4, 0.5) is 0 Å². The van der Waals surface area contributed by atoms with Crippen LogP contribution in [0.15, 0.2) is 0 Å². The van der Waals surface area contributed by atoms with Crippen molar-refractivity contribution in [3.05, 3.63) is 5.82 Å². The minimum atomic E-state index is -0.319. The van der Waals surface area contributed by atoms with E-state index >= 15 is 0 Å². The van der Waals surface area contributed by atoms with E-state index in [0.717, 1.165) is 70.0 Å². The van der Waals surface area contributed by atoms with Gasteiger partial charge in [-0.2, -0.15) is 5.21 Å². The predicted octanol–water partition coefficient (Wildman–Crippen LogP) is 3.76. The quantitative estimate of drug-likeness (QED) is 0.499. The van der Waals surface area contributed by atoms with Crippen molar-refractivity contribution in [1.82, 2.24) is 20.6 Å². The molecule has 1 aromatic rings. The van der Waals surface area contributed by atoms with Gasteiger partial charge in [-0.1, -0.05) is 39.3 Å². The molecule has 0 aliphatic heterocycles. The lowest BCUT2D eigenvalue weighted by Crippen LogP contribution is -2.65. The molecular weight excluding hydrogens is 428 g/mol. The summed E-state index contributed by atoms with van der Waals surface area (Å²) in [5, 5.41) is 48.5. The zero-order chi connectivity index (χ0) is 24.3. The molecule has 34 heavy (non-hydrogen) atoms. The van der Waals surface area contributed by atoms with Crippen LogP contribution in [0, 0.1) is 52.3 Å². The number of aromatic nitrogens is 4. The lowest BCUT2D eigenvalue weighted by atomic mass is 9.41. The van der Waals surface area contributed by atoms with E-state index in [1.807, 2.05) is 0 Å². The number of tetrazole rings is 1. The monoisotopic (exact) mass is 474 g/mol. The number of hydrogen-bond acceptors (Lipinski definition) is 6. The smallest absolute Gasteiger partial charge is 0.174 e. The zero-order valence-electron chi connectivity index (χ0n) is 21.5. The highest BCUT2D eigenvalue weighted by Crippen LogP contribution is 2.69. The molecule has 4 aliphatic carbocycles. The normalized spacial score (nSPS) is 49.2. The summed E-state index contributed by atoms with van der Waals surface area (Å²) >= 11 is 0. The number of nitrogens with one attached hydrogen (secondary N) is 1. The standard InChI is InChI=1S/C27H46N4O3/c1-5-17-20-13-16(32)11-12-26(20,3)21-14-22(33)27(4)18(9-10-19(27)24(21)25(17)34)15(2)7-6-8-23-28-30-31-29-23/h15-22,24-25,32-34H,5-14H2,1-4H3,(H,28,29,30,31)/t15-,16-,17-,18-,19?,20+,21?,22+,24?,25?,26+,27-/m1/s1. The van der Waals surface area contributed by atoms with Gasteiger partial charge in [0.2, 0.25) is 0 Å². The lowest BCUT2D eigenvalue weighted by molar-refractivity contribution is -0.228. The number of rotatable bonds is 6. The van der Waals surface area contributed by atoms with Crippen molar-refractivity contribution >= 4 is 0 Å². The Morgan fingerprint density at radius 2 is 1.85 bits per heavy atom. The molecular formula is C27H46N4O3. The number of aromatic amines is 1. The molecule has 4 saturated carbocycles. The molecule has 4 unspecified atom stereocenters. The average molecular weight is 475 g/mol. The first-order chi connectivity index (χ1) is 16.2. The number of hydrogen-bond donors (Lipinski definition) is 4. The molecule has 4 N–H and O–H groups in total. The maximum Gasteiger partial charge on any atom is 0.174 e. The van der Waals surface area contributed by atoms with Gasteiger partial charge in [0.1, 0.15) is 0 Å². The molecule has 0 saturated heterocycles. The summed E-state index contributed by atoms with van der Waals surface area (Å²) in [5.74, 6) is 3.38. The zero-order valence-corrected chi connectivity index (χ0v) is 21.5.